The van der Waals surface area contributed by atoms with Gasteiger partial charge in [-0.15, -0.1) is 0 Å². The largest absolute Gasteiger partial charge is 0.480 e. The molecule has 2 aliphatic rings. The molecule has 2 N–H and O–H groups in total. The van der Waals surface area contributed by atoms with Crippen LogP contribution in [0.2, 0.25) is 0 Å². The van der Waals surface area contributed by atoms with Gasteiger partial charge in [0.05, 0.1) is 6.54 Å². The molecule has 2 aromatic rings. The maximum atomic E-state index is 12.8. The highest BCUT2D eigenvalue weighted by molar-refractivity contribution is 5.85. The van der Waals surface area contributed by atoms with E-state index >= 15 is 0 Å². The second-order valence-electron chi connectivity index (χ2n) is 8.54. The molecule has 8 heteroatoms. The van der Waals surface area contributed by atoms with Crippen molar-refractivity contribution in [1.29, 1.82) is 0 Å². The maximum absolute atomic E-state index is 12.8. The number of nitrogens with one attached hydrogen (secondary N) is 1. The lowest BCUT2D eigenvalue weighted by atomic mass is 9.98. The van der Waals surface area contributed by atoms with Crippen LogP contribution in [0, 0.1) is 0 Å². The van der Waals surface area contributed by atoms with Crippen molar-refractivity contribution in [2.45, 2.75) is 25.3 Å². The summed E-state index contributed by atoms with van der Waals surface area (Å²) in [6, 6.07) is 15.5. The van der Waals surface area contributed by atoms with Crippen molar-refractivity contribution in [2.75, 3.05) is 39.3 Å². The van der Waals surface area contributed by atoms with E-state index in [1.54, 1.807) is 11.8 Å². The SMILES string of the molecule is C[C@H](NC(=O)OCC1c2ccccc2-c2ccccc21)C(=O)N1CCCN(CC(=O)O)CC1. The van der Waals surface area contributed by atoms with Crippen LogP contribution in [0.25, 0.3) is 11.1 Å². The number of alkyl carbamates (subject to hydrolysis) is 1. The molecule has 1 fully saturated rings. The fraction of sp³-hybridized carbons (Fsp3) is 0.400. The topological polar surface area (TPSA) is 99.2 Å². The molecule has 2 amide bonds. The van der Waals surface area contributed by atoms with Crippen LogP contribution in [0.5, 0.6) is 0 Å². The van der Waals surface area contributed by atoms with Crippen LogP contribution in [0.1, 0.15) is 30.4 Å². The van der Waals surface area contributed by atoms with Crippen molar-refractivity contribution in [3.8, 4) is 11.1 Å². The Balaban J connectivity index is 1.31. The van der Waals surface area contributed by atoms with Gasteiger partial charge in [-0.1, -0.05) is 48.5 Å². The van der Waals surface area contributed by atoms with Crippen molar-refractivity contribution in [1.82, 2.24) is 15.1 Å². The summed E-state index contributed by atoms with van der Waals surface area (Å²) in [6.45, 7) is 3.89. The summed E-state index contributed by atoms with van der Waals surface area (Å²) < 4.78 is 5.54. The molecule has 4 rings (SSSR count). The number of carboxylic acids is 1. The Kier molecular flexibility index (Phi) is 6.93. The standard InChI is InChI=1S/C25H29N3O5/c1-17(24(31)28-12-6-11-27(13-14-28)15-23(29)30)26-25(32)33-16-22-20-9-4-2-7-18(20)19-8-3-5-10-21(19)22/h2-5,7-10,17,22H,6,11-16H2,1H3,(H,26,32)(H,29,30)/t17-/m0/s1. The van der Waals surface area contributed by atoms with Crippen LogP contribution >= 0.6 is 0 Å². The highest BCUT2D eigenvalue weighted by Gasteiger charge is 2.30. The Hall–Kier alpha value is -3.39. The van der Waals surface area contributed by atoms with Gasteiger partial charge in [-0.25, -0.2) is 4.79 Å². The van der Waals surface area contributed by atoms with E-state index in [1.165, 1.54) is 0 Å². The van der Waals surface area contributed by atoms with Gasteiger partial charge in [-0.3, -0.25) is 14.5 Å². The van der Waals surface area contributed by atoms with Crippen LogP contribution in [0.15, 0.2) is 48.5 Å². The van der Waals surface area contributed by atoms with Crippen molar-refractivity contribution in [3.05, 3.63) is 59.7 Å². The zero-order valence-corrected chi connectivity index (χ0v) is 18.7. The zero-order valence-electron chi connectivity index (χ0n) is 18.7. The monoisotopic (exact) mass is 451 g/mol. The molecule has 1 aliphatic carbocycles. The minimum absolute atomic E-state index is 0.0322. The van der Waals surface area contributed by atoms with E-state index < -0.39 is 18.1 Å². The third-order valence-electron chi connectivity index (χ3n) is 6.31. The molecule has 0 aromatic heterocycles. The third-order valence-corrected chi connectivity index (χ3v) is 6.31. The molecule has 0 unspecified atom stereocenters. The predicted molar refractivity (Wildman–Crippen MR) is 123 cm³/mol. The first kappa shape index (κ1) is 22.8. The van der Waals surface area contributed by atoms with Crippen LogP contribution in [-0.2, 0) is 14.3 Å². The van der Waals surface area contributed by atoms with Crippen molar-refractivity contribution in [3.63, 3.8) is 0 Å². The van der Waals surface area contributed by atoms with E-state index in [0.29, 0.717) is 32.6 Å². The number of ether oxygens (including phenoxy) is 1. The highest BCUT2D eigenvalue weighted by atomic mass is 16.5. The van der Waals surface area contributed by atoms with E-state index in [9.17, 15) is 14.4 Å². The molecular formula is C25H29N3O5. The maximum Gasteiger partial charge on any atom is 0.407 e. The summed E-state index contributed by atoms with van der Waals surface area (Å²) in [5, 5.41) is 11.6. The zero-order chi connectivity index (χ0) is 23.4. The molecule has 33 heavy (non-hydrogen) atoms. The van der Waals surface area contributed by atoms with Crippen molar-refractivity contribution in [2.24, 2.45) is 0 Å². The van der Waals surface area contributed by atoms with E-state index in [1.807, 2.05) is 29.2 Å². The molecule has 2 aromatic carbocycles. The lowest BCUT2D eigenvalue weighted by Crippen LogP contribution is -2.48. The highest BCUT2D eigenvalue weighted by Crippen LogP contribution is 2.44. The van der Waals surface area contributed by atoms with E-state index in [-0.39, 0.29) is 25.0 Å². The summed E-state index contributed by atoms with van der Waals surface area (Å²) in [5.74, 6) is -1.11. The number of hydrogen-bond acceptors (Lipinski definition) is 5. The first-order valence-corrected chi connectivity index (χ1v) is 11.3. The summed E-state index contributed by atoms with van der Waals surface area (Å²) in [7, 11) is 0. The van der Waals surface area contributed by atoms with Gasteiger partial charge >= 0.3 is 12.1 Å². The Morgan fingerprint density at radius 2 is 1.64 bits per heavy atom. The normalized spacial score (nSPS) is 16.9. The minimum atomic E-state index is -0.875. The molecule has 8 nitrogen and oxygen atoms in total. The Labute approximate surface area is 193 Å². The minimum Gasteiger partial charge on any atom is -0.480 e. The number of amides is 2. The van der Waals surface area contributed by atoms with Crippen LogP contribution in [0.3, 0.4) is 0 Å². The van der Waals surface area contributed by atoms with Gasteiger partial charge in [0, 0.05) is 32.1 Å². The summed E-state index contributed by atoms with van der Waals surface area (Å²) in [4.78, 5) is 39.7. The molecule has 0 bridgehead atoms. The summed E-state index contributed by atoms with van der Waals surface area (Å²) in [6.07, 6.45) is 0.0662. The number of nitrogens with zero attached hydrogens (tertiary/aromatic N) is 2. The average Bonchev–Trinajstić information content (AvgIpc) is 2.93. The van der Waals surface area contributed by atoms with Gasteiger partial charge < -0.3 is 20.1 Å². The number of carbonyl (C=O) groups is 3. The van der Waals surface area contributed by atoms with E-state index in [4.69, 9.17) is 9.84 Å². The third kappa shape index (κ3) is 5.17. The lowest BCUT2D eigenvalue weighted by Gasteiger charge is -2.25. The Morgan fingerprint density at radius 3 is 2.27 bits per heavy atom. The number of fused-ring (bicyclic) bond motifs is 3. The van der Waals surface area contributed by atoms with Gasteiger partial charge in [-0.2, -0.15) is 0 Å². The number of carboxylic acid groups (broad SMARTS) is 1. The fourth-order valence-corrected chi connectivity index (χ4v) is 4.69. The molecule has 0 saturated carbocycles. The fourth-order valence-electron chi connectivity index (χ4n) is 4.69. The van der Waals surface area contributed by atoms with Gasteiger partial charge in [0.2, 0.25) is 5.91 Å². The summed E-state index contributed by atoms with van der Waals surface area (Å²) >= 11 is 0. The number of aliphatic carboxylic acids is 1. The Bertz CT molecular complexity index is 995. The molecule has 1 heterocycles. The van der Waals surface area contributed by atoms with Crippen molar-refractivity contribution < 1.29 is 24.2 Å². The average molecular weight is 452 g/mol. The number of hydrogen-bond donors (Lipinski definition) is 2. The molecule has 0 radical (unpaired) electrons. The van der Waals surface area contributed by atoms with Crippen LogP contribution in [-0.4, -0.2) is 78.2 Å². The summed E-state index contributed by atoms with van der Waals surface area (Å²) in [5.41, 5.74) is 4.57. The molecule has 0 spiro atoms. The second kappa shape index (κ2) is 10.0. The number of carbonyl (C=O) groups excluding carboxylic acids is 2. The number of rotatable bonds is 6. The molecule has 1 atom stereocenters. The van der Waals surface area contributed by atoms with Crippen LogP contribution in [0.4, 0.5) is 4.79 Å². The molecule has 1 saturated heterocycles. The smallest absolute Gasteiger partial charge is 0.407 e. The van der Waals surface area contributed by atoms with Gasteiger partial charge in [0.1, 0.15) is 12.6 Å². The Morgan fingerprint density at radius 1 is 1.00 bits per heavy atom. The predicted octanol–water partition coefficient (Wildman–Crippen LogP) is 2.53. The van der Waals surface area contributed by atoms with Gasteiger partial charge in [-0.05, 0) is 35.6 Å². The molecule has 1 aliphatic heterocycles. The molecule has 174 valence electrons. The van der Waals surface area contributed by atoms with E-state index in [2.05, 4.69) is 29.6 Å². The van der Waals surface area contributed by atoms with Gasteiger partial charge in [0.15, 0.2) is 0 Å². The lowest BCUT2D eigenvalue weighted by molar-refractivity contribution is -0.138. The quantitative estimate of drug-likeness (QED) is 0.700. The molecular weight excluding hydrogens is 422 g/mol. The van der Waals surface area contributed by atoms with Crippen molar-refractivity contribution >= 4 is 18.0 Å². The van der Waals surface area contributed by atoms with Gasteiger partial charge in [0.25, 0.3) is 0 Å². The first-order valence-electron chi connectivity index (χ1n) is 11.3. The van der Waals surface area contributed by atoms with E-state index in [0.717, 1.165) is 22.3 Å². The second-order valence-corrected chi connectivity index (χ2v) is 8.54. The first-order chi connectivity index (χ1) is 15.9. The number of benzene rings is 2. The van der Waals surface area contributed by atoms with Crippen LogP contribution < -0.4 is 5.32 Å².